The van der Waals surface area contributed by atoms with Crippen LogP contribution < -0.4 is 24.8 Å². The van der Waals surface area contributed by atoms with E-state index >= 15 is 0 Å². The minimum atomic E-state index is -0.422. The molecule has 8 heteroatoms. The number of nitrogens with one attached hydrogen (secondary N) is 2. The molecule has 2 aromatic carbocycles. The first-order valence-corrected chi connectivity index (χ1v) is 7.60. The molecule has 0 spiro atoms. The number of rotatable bonds is 5. The van der Waals surface area contributed by atoms with Crippen LogP contribution in [0.4, 0.5) is 15.8 Å². The second-order valence-corrected chi connectivity index (χ2v) is 5.43. The third-order valence-corrected chi connectivity index (χ3v) is 3.62. The van der Waals surface area contributed by atoms with Gasteiger partial charge in [-0.25, -0.2) is 4.39 Å². The first-order chi connectivity index (χ1) is 11.5. The fraction of sp³-hybridized carbons (Fsp3) is 0.188. The lowest BCUT2D eigenvalue weighted by Crippen LogP contribution is -2.19. The van der Waals surface area contributed by atoms with E-state index in [2.05, 4.69) is 10.6 Å². The minimum Gasteiger partial charge on any atom is -0.493 e. The third kappa shape index (κ3) is 4.18. The molecule has 0 amide bonds. The molecule has 0 fully saturated rings. The zero-order valence-corrected chi connectivity index (χ0v) is 14.8. The third-order valence-electron chi connectivity index (χ3n) is 3.10. The van der Waals surface area contributed by atoms with Gasteiger partial charge in [-0.3, -0.25) is 0 Å². The molecule has 0 unspecified atom stereocenters. The van der Waals surface area contributed by atoms with E-state index in [1.807, 2.05) is 0 Å². The smallest absolute Gasteiger partial charge is 0.203 e. The van der Waals surface area contributed by atoms with Gasteiger partial charge in [0.2, 0.25) is 5.75 Å². The van der Waals surface area contributed by atoms with Crippen molar-refractivity contribution in [2.75, 3.05) is 32.0 Å². The highest BCUT2D eigenvalue weighted by Gasteiger charge is 2.14. The number of halogens is 2. The van der Waals surface area contributed by atoms with E-state index in [1.54, 1.807) is 12.1 Å². The number of methoxy groups -OCH3 is 3. The van der Waals surface area contributed by atoms with Crippen LogP contribution in [-0.2, 0) is 0 Å². The number of ether oxygens (including phenoxy) is 3. The summed E-state index contributed by atoms with van der Waals surface area (Å²) in [5, 5.41) is 6.39. The van der Waals surface area contributed by atoms with E-state index < -0.39 is 5.82 Å². The zero-order chi connectivity index (χ0) is 17.7. The fourth-order valence-electron chi connectivity index (χ4n) is 2.03. The Morgan fingerprint density at radius 3 is 2.12 bits per heavy atom. The van der Waals surface area contributed by atoms with Crippen molar-refractivity contribution in [3.63, 3.8) is 0 Å². The van der Waals surface area contributed by atoms with Gasteiger partial charge in [-0.2, -0.15) is 0 Å². The molecule has 0 radical (unpaired) electrons. The monoisotopic (exact) mass is 370 g/mol. The van der Waals surface area contributed by atoms with Crippen molar-refractivity contribution in [3.05, 3.63) is 41.2 Å². The second-order valence-electron chi connectivity index (χ2n) is 4.62. The molecule has 5 nitrogen and oxygen atoms in total. The molecule has 24 heavy (non-hydrogen) atoms. The van der Waals surface area contributed by atoms with Crippen LogP contribution in [0.5, 0.6) is 17.2 Å². The lowest BCUT2D eigenvalue weighted by Gasteiger charge is -2.16. The molecule has 0 aromatic heterocycles. The van der Waals surface area contributed by atoms with Crippen molar-refractivity contribution in [1.82, 2.24) is 0 Å². The lowest BCUT2D eigenvalue weighted by atomic mass is 10.2. The normalized spacial score (nSPS) is 10.0. The molecule has 0 heterocycles. The molecular weight excluding hydrogens is 355 g/mol. The quantitative estimate of drug-likeness (QED) is 0.765. The standard InChI is InChI=1S/C16H16ClFN2O3S/c1-21-13-7-10(8-14(22-2)15(13)23-3)19-16(24)20-12-5-4-9(18)6-11(12)17/h4-8H,1-3H3,(H2,19,20,24). The average molecular weight is 371 g/mol. The van der Waals surface area contributed by atoms with Crippen molar-refractivity contribution >= 4 is 40.3 Å². The Hall–Kier alpha value is -2.25. The van der Waals surface area contributed by atoms with Crippen molar-refractivity contribution < 1.29 is 18.6 Å². The summed E-state index contributed by atoms with van der Waals surface area (Å²) in [5.41, 5.74) is 1.11. The van der Waals surface area contributed by atoms with Crippen molar-refractivity contribution in [3.8, 4) is 17.2 Å². The number of thiocarbonyl (C=S) groups is 1. The lowest BCUT2D eigenvalue weighted by molar-refractivity contribution is 0.324. The van der Waals surface area contributed by atoms with Gasteiger partial charge < -0.3 is 24.8 Å². The highest BCUT2D eigenvalue weighted by molar-refractivity contribution is 7.80. The van der Waals surface area contributed by atoms with Gasteiger partial charge in [-0.15, -0.1) is 0 Å². The molecule has 2 rings (SSSR count). The number of anilines is 2. The van der Waals surface area contributed by atoms with E-state index in [9.17, 15) is 4.39 Å². The summed E-state index contributed by atoms with van der Waals surface area (Å²) in [6.07, 6.45) is 0. The molecule has 0 saturated heterocycles. The Bertz CT molecular complexity index is 733. The van der Waals surface area contributed by atoms with Crippen LogP contribution in [0.1, 0.15) is 0 Å². The molecule has 0 aliphatic carbocycles. The van der Waals surface area contributed by atoms with E-state index in [0.717, 1.165) is 0 Å². The predicted molar refractivity (Wildman–Crippen MR) is 97.4 cm³/mol. The summed E-state index contributed by atoms with van der Waals surface area (Å²) in [7, 11) is 4.57. The summed E-state index contributed by atoms with van der Waals surface area (Å²) in [4.78, 5) is 0. The largest absolute Gasteiger partial charge is 0.493 e. The maximum absolute atomic E-state index is 13.1. The van der Waals surface area contributed by atoms with Gasteiger partial charge in [0.05, 0.1) is 32.0 Å². The summed E-state index contributed by atoms with van der Waals surface area (Å²) < 4.78 is 28.9. The Morgan fingerprint density at radius 2 is 1.62 bits per heavy atom. The van der Waals surface area contributed by atoms with Gasteiger partial charge in [-0.1, -0.05) is 11.6 Å². The number of hydrogen-bond acceptors (Lipinski definition) is 4. The molecule has 2 aromatic rings. The first kappa shape index (κ1) is 18.1. The average Bonchev–Trinajstić information content (AvgIpc) is 2.56. The first-order valence-electron chi connectivity index (χ1n) is 6.81. The highest BCUT2D eigenvalue weighted by atomic mass is 35.5. The van der Waals surface area contributed by atoms with E-state index in [-0.39, 0.29) is 10.1 Å². The van der Waals surface area contributed by atoms with Crippen LogP contribution in [0.15, 0.2) is 30.3 Å². The number of benzene rings is 2. The topological polar surface area (TPSA) is 51.8 Å². The zero-order valence-electron chi connectivity index (χ0n) is 13.3. The molecular formula is C16H16ClFN2O3S. The maximum atomic E-state index is 13.1. The van der Waals surface area contributed by atoms with Crippen molar-refractivity contribution in [2.24, 2.45) is 0 Å². The van der Waals surface area contributed by atoms with Crippen LogP contribution in [-0.4, -0.2) is 26.4 Å². The molecule has 0 aliphatic heterocycles. The molecule has 2 N–H and O–H groups in total. The van der Waals surface area contributed by atoms with E-state index in [4.69, 9.17) is 38.0 Å². The van der Waals surface area contributed by atoms with Crippen LogP contribution in [0, 0.1) is 5.82 Å². The summed E-state index contributed by atoms with van der Waals surface area (Å²) in [5.74, 6) is 1.03. The van der Waals surface area contributed by atoms with E-state index in [0.29, 0.717) is 28.6 Å². The molecule has 128 valence electrons. The Morgan fingerprint density at radius 1 is 1.00 bits per heavy atom. The van der Waals surface area contributed by atoms with Crippen LogP contribution in [0.2, 0.25) is 5.02 Å². The van der Waals surface area contributed by atoms with Gasteiger partial charge in [0, 0.05) is 17.8 Å². The Balaban J connectivity index is 2.19. The van der Waals surface area contributed by atoms with Gasteiger partial charge in [0.25, 0.3) is 0 Å². The summed E-state index contributed by atoms with van der Waals surface area (Å²) >= 11 is 11.2. The SMILES string of the molecule is COc1cc(NC(=S)Nc2ccc(F)cc2Cl)cc(OC)c1OC. The van der Waals surface area contributed by atoms with E-state index in [1.165, 1.54) is 39.5 Å². The van der Waals surface area contributed by atoms with Crippen molar-refractivity contribution in [1.29, 1.82) is 0 Å². The summed E-state index contributed by atoms with van der Waals surface area (Å²) in [6.45, 7) is 0. The van der Waals surface area contributed by atoms with Crippen molar-refractivity contribution in [2.45, 2.75) is 0 Å². The molecule has 0 atom stereocenters. The predicted octanol–water partition coefficient (Wildman–Crippen LogP) is 4.31. The maximum Gasteiger partial charge on any atom is 0.203 e. The van der Waals surface area contributed by atoms with Gasteiger partial charge >= 0.3 is 0 Å². The van der Waals surface area contributed by atoms with Gasteiger partial charge in [-0.05, 0) is 30.4 Å². The van der Waals surface area contributed by atoms with Gasteiger partial charge in [0.15, 0.2) is 16.6 Å². The fourth-order valence-corrected chi connectivity index (χ4v) is 2.47. The Kier molecular flexibility index (Phi) is 6.05. The second kappa shape index (κ2) is 8.03. The van der Waals surface area contributed by atoms with Crippen LogP contribution in [0.3, 0.4) is 0 Å². The number of hydrogen-bond donors (Lipinski definition) is 2. The van der Waals surface area contributed by atoms with Crippen LogP contribution >= 0.6 is 23.8 Å². The molecule has 0 aliphatic rings. The Labute approximate surface area is 149 Å². The molecule has 0 bridgehead atoms. The highest BCUT2D eigenvalue weighted by Crippen LogP contribution is 2.40. The molecule has 0 saturated carbocycles. The minimum absolute atomic E-state index is 0.226. The van der Waals surface area contributed by atoms with Gasteiger partial charge in [0.1, 0.15) is 5.82 Å². The summed E-state index contributed by atoms with van der Waals surface area (Å²) in [6, 6.07) is 7.41. The van der Waals surface area contributed by atoms with Crippen LogP contribution in [0.25, 0.3) is 0 Å².